The predicted octanol–water partition coefficient (Wildman–Crippen LogP) is 2.27. The minimum absolute atomic E-state index is 0. The molecule has 0 bridgehead atoms. The summed E-state index contributed by atoms with van der Waals surface area (Å²) in [4.78, 5) is 0. The topological polar surface area (TPSA) is 3.88 Å². The Morgan fingerprint density at radius 1 is 0.714 bits per heavy atom. The first-order valence-electron chi connectivity index (χ1n) is 7.67. The maximum atomic E-state index is 14.2. The molecule has 2 aromatic carbocycles. The molecule has 0 atom stereocenters. The minimum atomic E-state index is -5.57. The fourth-order valence-corrected chi connectivity index (χ4v) is 2.72. The molecule has 1 nitrogen and oxygen atoms in total. The lowest BCUT2D eigenvalue weighted by Crippen LogP contribution is -3.00. The Bertz CT molecular complexity index is 959. The third kappa shape index (κ3) is 4.04. The molecule has 0 saturated heterocycles. The van der Waals surface area contributed by atoms with Gasteiger partial charge in [0, 0.05) is 17.7 Å². The summed E-state index contributed by atoms with van der Waals surface area (Å²) in [5.41, 5.74) is -2.61. The molecule has 1 aromatic heterocycles. The maximum absolute atomic E-state index is 14.2. The molecule has 148 valence electrons. The third-order valence-electron chi connectivity index (χ3n) is 3.98. The normalized spacial score (nSPS) is 11.2. The Labute approximate surface area is 165 Å². The molecular weight excluding hydrogens is 455 g/mol. The van der Waals surface area contributed by atoms with E-state index in [-0.39, 0.29) is 17.0 Å². The number of nitrogens with zero attached hydrogens (tertiary/aromatic N) is 1. The van der Waals surface area contributed by atoms with E-state index in [2.05, 4.69) is 0 Å². The summed E-state index contributed by atoms with van der Waals surface area (Å²) >= 11 is 0. The number of pyridine rings is 1. The van der Waals surface area contributed by atoms with Crippen molar-refractivity contribution in [1.82, 2.24) is 0 Å². The molecule has 0 fully saturated rings. The average Bonchev–Trinajstić information content (AvgIpc) is 2.64. The first kappa shape index (κ1) is 21.9. The van der Waals surface area contributed by atoms with E-state index in [0.29, 0.717) is 11.3 Å². The lowest BCUT2D eigenvalue weighted by atomic mass is 10.1. The number of hydrogen-bond donors (Lipinski definition) is 0. The van der Waals surface area contributed by atoms with E-state index in [4.69, 9.17) is 0 Å². The van der Waals surface area contributed by atoms with Gasteiger partial charge in [0.15, 0.2) is 36.0 Å². The molecule has 0 unspecified atom stereocenters. The van der Waals surface area contributed by atoms with E-state index >= 15 is 0 Å². The van der Waals surface area contributed by atoms with Gasteiger partial charge in [0.1, 0.15) is 5.56 Å². The summed E-state index contributed by atoms with van der Waals surface area (Å²) in [7, 11) is 0. The number of halogens is 8. The zero-order chi connectivity index (χ0) is 19.8. The van der Waals surface area contributed by atoms with Crippen molar-refractivity contribution in [3.63, 3.8) is 0 Å². The van der Waals surface area contributed by atoms with Crippen LogP contribution in [0.25, 0.3) is 11.3 Å². The van der Waals surface area contributed by atoms with Gasteiger partial charge in [0.05, 0.1) is 5.56 Å². The lowest BCUT2D eigenvalue weighted by molar-refractivity contribution is -0.678. The number of alkyl halides is 3. The monoisotopic (exact) mass is 465 g/mol. The van der Waals surface area contributed by atoms with Crippen LogP contribution in [0.4, 0.5) is 30.7 Å². The summed E-state index contributed by atoms with van der Waals surface area (Å²) in [6.45, 7) is -0.700. The second-order valence-electron chi connectivity index (χ2n) is 5.69. The molecule has 0 saturated carbocycles. The molecule has 0 N–H and O–H groups in total. The van der Waals surface area contributed by atoms with E-state index < -0.39 is 47.1 Å². The van der Waals surface area contributed by atoms with E-state index in [0.717, 1.165) is 0 Å². The molecule has 1 heterocycles. The Morgan fingerprint density at radius 3 is 1.79 bits per heavy atom. The third-order valence-corrected chi connectivity index (χ3v) is 3.98. The van der Waals surface area contributed by atoms with Crippen LogP contribution in [0.2, 0.25) is 0 Å². The fourth-order valence-electron chi connectivity index (χ4n) is 2.72. The summed E-state index contributed by atoms with van der Waals surface area (Å²) < 4.78 is 95.3. The Balaban J connectivity index is 0.00000280. The van der Waals surface area contributed by atoms with Crippen LogP contribution in [-0.2, 0) is 12.7 Å². The Kier molecular flexibility index (Phi) is 6.48. The molecule has 9 heteroatoms. The van der Waals surface area contributed by atoms with E-state index in [1.807, 2.05) is 0 Å². The van der Waals surface area contributed by atoms with Gasteiger partial charge in [0.25, 0.3) is 0 Å². The van der Waals surface area contributed by atoms with Gasteiger partial charge in [-0.05, 0) is 18.2 Å². The second-order valence-corrected chi connectivity index (χ2v) is 5.69. The maximum Gasteiger partial charge on any atom is 0.422 e. The smallest absolute Gasteiger partial charge is 0.422 e. The molecule has 28 heavy (non-hydrogen) atoms. The SMILES string of the molecule is Fc1c(F)c(C(F)(F)F)c(F)c(F)c1C[n+]1ccccc1-c1ccccc1.[Br-]. The Morgan fingerprint density at radius 2 is 1.25 bits per heavy atom. The zero-order valence-corrected chi connectivity index (χ0v) is 15.5. The van der Waals surface area contributed by atoms with Crippen LogP contribution in [-0.4, -0.2) is 0 Å². The average molecular weight is 466 g/mol. The number of aromatic nitrogens is 1. The fraction of sp³-hybridized carbons (Fsp3) is 0.105. The van der Waals surface area contributed by atoms with Crippen molar-refractivity contribution < 1.29 is 52.3 Å². The molecule has 0 aliphatic rings. The van der Waals surface area contributed by atoms with Crippen molar-refractivity contribution in [2.24, 2.45) is 0 Å². The summed E-state index contributed by atoms with van der Waals surface area (Å²) in [6, 6.07) is 13.3. The van der Waals surface area contributed by atoms with Gasteiger partial charge in [-0.1, -0.05) is 18.2 Å². The van der Waals surface area contributed by atoms with Crippen LogP contribution >= 0.6 is 0 Å². The van der Waals surface area contributed by atoms with Crippen LogP contribution < -0.4 is 21.5 Å². The van der Waals surface area contributed by atoms with Gasteiger partial charge in [0.2, 0.25) is 5.69 Å². The standard InChI is InChI=1S/C19H11F7N.BrH/c20-15-12(16(21)18(23)14(17(15)22)19(24,25)26)10-27-9-5-4-8-13(27)11-6-2-1-3-7-11;/h1-9H,10H2;1H/q+1;/p-1. The van der Waals surface area contributed by atoms with Crippen LogP contribution in [0, 0.1) is 23.3 Å². The van der Waals surface area contributed by atoms with Crippen molar-refractivity contribution in [1.29, 1.82) is 0 Å². The highest BCUT2D eigenvalue weighted by Crippen LogP contribution is 2.36. The van der Waals surface area contributed by atoms with Gasteiger partial charge in [-0.15, -0.1) is 0 Å². The molecule has 3 aromatic rings. The van der Waals surface area contributed by atoms with Gasteiger partial charge in [-0.25, -0.2) is 17.6 Å². The van der Waals surface area contributed by atoms with Crippen LogP contribution in [0.1, 0.15) is 11.1 Å². The highest BCUT2D eigenvalue weighted by atomic mass is 79.9. The van der Waals surface area contributed by atoms with Crippen LogP contribution in [0.5, 0.6) is 0 Å². The molecule has 0 amide bonds. The van der Waals surface area contributed by atoms with E-state index in [9.17, 15) is 30.7 Å². The summed E-state index contributed by atoms with van der Waals surface area (Å²) in [6.07, 6.45) is -4.17. The molecule has 0 spiro atoms. The van der Waals surface area contributed by atoms with Crippen molar-refractivity contribution in [2.75, 3.05) is 0 Å². The highest BCUT2D eigenvalue weighted by molar-refractivity contribution is 5.55. The van der Waals surface area contributed by atoms with Crippen molar-refractivity contribution in [3.8, 4) is 11.3 Å². The molecule has 0 aliphatic carbocycles. The number of benzene rings is 2. The van der Waals surface area contributed by atoms with E-state index in [1.54, 1.807) is 42.5 Å². The summed E-state index contributed by atoms with van der Waals surface area (Å²) in [5, 5.41) is 0. The highest BCUT2D eigenvalue weighted by Gasteiger charge is 2.42. The molecular formula is C19H11BrF7N. The zero-order valence-electron chi connectivity index (χ0n) is 13.9. The van der Waals surface area contributed by atoms with Crippen molar-refractivity contribution in [2.45, 2.75) is 12.7 Å². The van der Waals surface area contributed by atoms with Gasteiger partial charge < -0.3 is 17.0 Å². The number of rotatable bonds is 3. The van der Waals surface area contributed by atoms with Gasteiger partial charge >= 0.3 is 6.18 Å². The number of hydrogen-bond acceptors (Lipinski definition) is 0. The van der Waals surface area contributed by atoms with E-state index in [1.165, 1.54) is 16.8 Å². The Hall–Kier alpha value is -2.42. The first-order chi connectivity index (χ1) is 12.7. The largest absolute Gasteiger partial charge is 1.00 e. The quantitative estimate of drug-likeness (QED) is 0.317. The molecule has 0 aliphatic heterocycles. The second kappa shape index (κ2) is 8.30. The summed E-state index contributed by atoms with van der Waals surface area (Å²) in [5.74, 6) is -9.07. The lowest BCUT2D eigenvalue weighted by Gasteiger charge is -2.13. The van der Waals surface area contributed by atoms with Crippen LogP contribution in [0.15, 0.2) is 54.7 Å². The predicted molar refractivity (Wildman–Crippen MR) is 82.5 cm³/mol. The van der Waals surface area contributed by atoms with Crippen molar-refractivity contribution >= 4 is 0 Å². The molecule has 3 rings (SSSR count). The first-order valence-corrected chi connectivity index (χ1v) is 7.67. The van der Waals surface area contributed by atoms with Gasteiger partial charge in [-0.2, -0.15) is 17.7 Å². The van der Waals surface area contributed by atoms with Gasteiger partial charge in [-0.3, -0.25) is 0 Å². The minimum Gasteiger partial charge on any atom is -1.00 e. The van der Waals surface area contributed by atoms with Crippen LogP contribution in [0.3, 0.4) is 0 Å². The molecule has 0 radical (unpaired) electrons. The van der Waals surface area contributed by atoms with Crippen molar-refractivity contribution in [3.05, 3.63) is 89.1 Å².